The average molecular weight is 375 g/mol. The van der Waals surface area contributed by atoms with Crippen LogP contribution in [0.5, 0.6) is 0 Å². The number of halogens is 2. The zero-order chi connectivity index (χ0) is 18.2. The molecule has 25 heavy (non-hydrogen) atoms. The van der Waals surface area contributed by atoms with E-state index in [1.807, 2.05) is 30.2 Å². The van der Waals surface area contributed by atoms with E-state index >= 15 is 0 Å². The van der Waals surface area contributed by atoms with Crippen LogP contribution in [0.4, 0.5) is 5.69 Å². The zero-order valence-electron chi connectivity index (χ0n) is 14.2. The van der Waals surface area contributed by atoms with Crippen LogP contribution in [-0.4, -0.2) is 19.2 Å². The van der Waals surface area contributed by atoms with E-state index in [4.69, 9.17) is 23.2 Å². The second-order valence-corrected chi connectivity index (χ2v) is 6.39. The number of ketones is 1. The van der Waals surface area contributed by atoms with Crippen LogP contribution < -0.4 is 4.90 Å². The van der Waals surface area contributed by atoms with Gasteiger partial charge in [0.25, 0.3) is 0 Å². The number of unbranched alkanes of at least 4 members (excludes halogenated alkanes) is 1. The Bertz CT molecular complexity index is 783. The van der Waals surface area contributed by atoms with Gasteiger partial charge in [-0.1, -0.05) is 42.6 Å². The van der Waals surface area contributed by atoms with Gasteiger partial charge >= 0.3 is 0 Å². The second-order valence-electron chi connectivity index (χ2n) is 5.55. The van der Waals surface area contributed by atoms with Gasteiger partial charge in [-0.25, -0.2) is 4.99 Å². The predicted octanol–water partition coefficient (Wildman–Crippen LogP) is 6.00. The van der Waals surface area contributed by atoms with Crippen molar-refractivity contribution in [1.82, 2.24) is 0 Å². The first-order valence-corrected chi connectivity index (χ1v) is 8.79. The van der Waals surface area contributed by atoms with E-state index in [9.17, 15) is 4.79 Å². The summed E-state index contributed by atoms with van der Waals surface area (Å²) >= 11 is 12.1. The summed E-state index contributed by atoms with van der Waals surface area (Å²) in [5.41, 5.74) is 1.89. The maximum absolute atomic E-state index is 12.6. The molecule has 2 aromatic rings. The molecular weight excluding hydrogens is 355 g/mol. The van der Waals surface area contributed by atoms with Crippen molar-refractivity contribution in [3.05, 3.63) is 75.9 Å². The topological polar surface area (TPSA) is 32.7 Å². The number of hydrogen-bond donors (Lipinski definition) is 0. The molecule has 0 saturated carbocycles. The van der Waals surface area contributed by atoms with Gasteiger partial charge in [-0.05, 0) is 48.9 Å². The normalized spacial score (nSPS) is 11.4. The summed E-state index contributed by atoms with van der Waals surface area (Å²) < 4.78 is 0. The van der Waals surface area contributed by atoms with Gasteiger partial charge in [0.2, 0.25) is 0 Å². The van der Waals surface area contributed by atoms with Gasteiger partial charge in [-0.15, -0.1) is 0 Å². The summed E-state index contributed by atoms with van der Waals surface area (Å²) in [7, 11) is 1.90. The summed E-state index contributed by atoms with van der Waals surface area (Å²) in [4.78, 5) is 18.7. The van der Waals surface area contributed by atoms with Gasteiger partial charge in [0.05, 0.1) is 11.4 Å². The van der Waals surface area contributed by atoms with E-state index in [1.54, 1.807) is 42.9 Å². The monoisotopic (exact) mass is 374 g/mol. The van der Waals surface area contributed by atoms with Gasteiger partial charge in [0.15, 0.2) is 5.78 Å². The molecule has 2 rings (SSSR count). The molecule has 0 unspecified atom stereocenters. The first kappa shape index (κ1) is 19.2. The van der Waals surface area contributed by atoms with Gasteiger partial charge in [-0.3, -0.25) is 4.79 Å². The van der Waals surface area contributed by atoms with Crippen molar-refractivity contribution in [2.24, 2.45) is 4.99 Å². The number of nitrogens with zero attached hydrogens (tertiary/aromatic N) is 2. The van der Waals surface area contributed by atoms with Crippen LogP contribution in [0.15, 0.2) is 59.7 Å². The quantitative estimate of drug-likeness (QED) is 0.338. The molecule has 0 aliphatic rings. The highest BCUT2D eigenvalue weighted by Gasteiger charge is 2.13. The molecule has 0 fully saturated rings. The lowest BCUT2D eigenvalue weighted by atomic mass is 10.0. The third kappa shape index (κ3) is 5.45. The van der Waals surface area contributed by atoms with Crippen molar-refractivity contribution in [2.75, 3.05) is 11.9 Å². The van der Waals surface area contributed by atoms with Gasteiger partial charge < -0.3 is 4.90 Å². The number of hydrogen-bond acceptors (Lipinski definition) is 2. The number of carbonyl (C=O) groups is 1. The number of allylic oxidation sites excluding steroid dienone is 1. The summed E-state index contributed by atoms with van der Waals surface area (Å²) in [6, 6.07) is 12.1. The molecule has 130 valence electrons. The van der Waals surface area contributed by atoms with Crippen molar-refractivity contribution in [3.8, 4) is 0 Å². The summed E-state index contributed by atoms with van der Waals surface area (Å²) in [6.07, 6.45) is 7.68. The number of rotatable bonds is 7. The lowest BCUT2D eigenvalue weighted by Crippen LogP contribution is -2.14. The van der Waals surface area contributed by atoms with Crippen LogP contribution in [0.1, 0.15) is 35.7 Å². The number of carbonyl (C=O) groups excluding carboxylic acids is 1. The Balaban J connectivity index is 2.11. The molecule has 0 aliphatic carbocycles. The van der Waals surface area contributed by atoms with Gasteiger partial charge in [0.1, 0.15) is 0 Å². The van der Waals surface area contributed by atoms with Gasteiger partial charge in [-0.2, -0.15) is 0 Å². The SMILES string of the molecule is CCC/C=C/N=CN(C)c1ccc(C(=O)c2cc(Cl)ccc2Cl)cc1. The standard InChI is InChI=1S/C20H20Cl2N2O/c1-3-4-5-12-23-14-24(2)17-9-6-15(7-10-17)20(25)18-13-16(21)8-11-19(18)22/h5-14H,3-4H2,1-2H3/b12-5+,23-14?. The fraction of sp³-hybridized carbons (Fsp3) is 0.200. The Labute approximate surface area is 158 Å². The van der Waals surface area contributed by atoms with E-state index in [1.165, 1.54) is 0 Å². The van der Waals surface area contributed by atoms with E-state index in [-0.39, 0.29) is 5.78 Å². The smallest absolute Gasteiger partial charge is 0.194 e. The lowest BCUT2D eigenvalue weighted by Gasteiger charge is -2.13. The maximum Gasteiger partial charge on any atom is 0.194 e. The van der Waals surface area contributed by atoms with Crippen molar-refractivity contribution < 1.29 is 4.79 Å². The number of anilines is 1. The van der Waals surface area contributed by atoms with E-state index < -0.39 is 0 Å². The number of benzene rings is 2. The minimum absolute atomic E-state index is 0.155. The molecule has 0 amide bonds. The van der Waals surface area contributed by atoms with Crippen LogP contribution in [0, 0.1) is 0 Å². The van der Waals surface area contributed by atoms with Crippen molar-refractivity contribution in [2.45, 2.75) is 19.8 Å². The zero-order valence-corrected chi connectivity index (χ0v) is 15.8. The third-order valence-electron chi connectivity index (χ3n) is 3.60. The molecule has 2 aromatic carbocycles. The fourth-order valence-electron chi connectivity index (χ4n) is 2.18. The third-order valence-corrected chi connectivity index (χ3v) is 4.16. The van der Waals surface area contributed by atoms with E-state index in [2.05, 4.69) is 11.9 Å². The summed E-state index contributed by atoms with van der Waals surface area (Å²) in [6.45, 7) is 2.12. The maximum atomic E-state index is 12.6. The predicted molar refractivity (Wildman–Crippen MR) is 107 cm³/mol. The molecule has 3 nitrogen and oxygen atoms in total. The number of aliphatic imine (C=N–C) groups is 1. The molecule has 5 heteroatoms. The minimum Gasteiger partial charge on any atom is -0.336 e. The minimum atomic E-state index is -0.155. The molecule has 0 radical (unpaired) electrons. The summed E-state index contributed by atoms with van der Waals surface area (Å²) in [5.74, 6) is -0.155. The molecule has 0 N–H and O–H groups in total. The molecule has 0 spiro atoms. The van der Waals surface area contributed by atoms with E-state index in [0.717, 1.165) is 18.5 Å². The van der Waals surface area contributed by atoms with Crippen molar-refractivity contribution >= 4 is 41.0 Å². The van der Waals surface area contributed by atoms with Crippen LogP contribution >= 0.6 is 23.2 Å². The Morgan fingerprint density at radius 1 is 1.16 bits per heavy atom. The molecular formula is C20H20Cl2N2O. The highest BCUT2D eigenvalue weighted by Crippen LogP contribution is 2.24. The van der Waals surface area contributed by atoms with Crippen molar-refractivity contribution in [3.63, 3.8) is 0 Å². The molecule has 0 atom stereocenters. The lowest BCUT2D eigenvalue weighted by molar-refractivity contribution is 0.103. The second kappa shape index (κ2) is 9.40. The molecule has 0 aliphatic heterocycles. The van der Waals surface area contributed by atoms with Gasteiger partial charge in [0, 0.05) is 35.1 Å². The molecule has 0 heterocycles. The van der Waals surface area contributed by atoms with Crippen molar-refractivity contribution in [1.29, 1.82) is 0 Å². The Kier molecular flexibility index (Phi) is 7.23. The average Bonchev–Trinajstić information content (AvgIpc) is 2.63. The molecule has 0 aromatic heterocycles. The van der Waals surface area contributed by atoms with Crippen LogP contribution in [-0.2, 0) is 0 Å². The highest BCUT2D eigenvalue weighted by atomic mass is 35.5. The highest BCUT2D eigenvalue weighted by molar-refractivity contribution is 6.36. The van der Waals surface area contributed by atoms with Crippen LogP contribution in [0.2, 0.25) is 10.0 Å². The molecule has 0 saturated heterocycles. The molecule has 0 bridgehead atoms. The first-order chi connectivity index (χ1) is 12.0. The van der Waals surface area contributed by atoms with E-state index in [0.29, 0.717) is 21.2 Å². The van der Waals surface area contributed by atoms with Crippen LogP contribution in [0.3, 0.4) is 0 Å². The first-order valence-electron chi connectivity index (χ1n) is 8.04. The Hall–Kier alpha value is -2.10. The fourth-order valence-corrected chi connectivity index (χ4v) is 2.56. The largest absolute Gasteiger partial charge is 0.336 e. The van der Waals surface area contributed by atoms with Crippen LogP contribution in [0.25, 0.3) is 0 Å². The Morgan fingerprint density at radius 3 is 2.56 bits per heavy atom. The Morgan fingerprint density at radius 2 is 1.88 bits per heavy atom. The summed E-state index contributed by atoms with van der Waals surface area (Å²) in [5, 5.41) is 0.873.